The van der Waals surface area contributed by atoms with Gasteiger partial charge in [-0.05, 0) is 12.5 Å². The lowest BCUT2D eigenvalue weighted by Gasteiger charge is -2.12. The molecule has 21 heavy (non-hydrogen) atoms. The van der Waals surface area contributed by atoms with Gasteiger partial charge < -0.3 is 10.5 Å². The Morgan fingerprint density at radius 3 is 2.38 bits per heavy atom. The molecule has 0 unspecified atom stereocenters. The van der Waals surface area contributed by atoms with Crippen molar-refractivity contribution < 1.29 is 17.9 Å². The highest BCUT2D eigenvalue weighted by atomic mass is 19.4. The number of ether oxygens (including phenoxy) is 1. The van der Waals surface area contributed by atoms with Crippen LogP contribution in [0.1, 0.15) is 56.7 Å². The molecule has 1 aromatic heterocycles. The van der Waals surface area contributed by atoms with Crippen molar-refractivity contribution in [2.45, 2.75) is 58.2 Å². The van der Waals surface area contributed by atoms with E-state index in [0.29, 0.717) is 12.2 Å². The van der Waals surface area contributed by atoms with Crippen molar-refractivity contribution in [2.75, 3.05) is 6.61 Å². The smallest absolute Gasteiger partial charge is 0.433 e. The van der Waals surface area contributed by atoms with Gasteiger partial charge in [-0.2, -0.15) is 13.2 Å². The zero-order valence-electron chi connectivity index (χ0n) is 12.4. The van der Waals surface area contributed by atoms with E-state index in [0.717, 1.165) is 25.3 Å². The van der Waals surface area contributed by atoms with E-state index >= 15 is 0 Å². The van der Waals surface area contributed by atoms with Crippen LogP contribution in [0.5, 0.6) is 5.88 Å². The van der Waals surface area contributed by atoms with Crippen LogP contribution in [0.25, 0.3) is 0 Å². The Labute approximate surface area is 123 Å². The Morgan fingerprint density at radius 2 is 1.76 bits per heavy atom. The van der Waals surface area contributed by atoms with Crippen molar-refractivity contribution in [3.8, 4) is 5.88 Å². The van der Waals surface area contributed by atoms with Gasteiger partial charge in [0, 0.05) is 12.1 Å². The molecule has 0 aliphatic carbocycles. The van der Waals surface area contributed by atoms with Crippen molar-refractivity contribution >= 4 is 0 Å². The maximum absolute atomic E-state index is 12.6. The summed E-state index contributed by atoms with van der Waals surface area (Å²) in [6, 6.07) is 2.26. The van der Waals surface area contributed by atoms with Crippen molar-refractivity contribution in [1.82, 2.24) is 4.98 Å². The highest BCUT2D eigenvalue weighted by molar-refractivity contribution is 5.29. The second-order valence-corrected chi connectivity index (χ2v) is 4.98. The van der Waals surface area contributed by atoms with Gasteiger partial charge in [0.2, 0.25) is 5.88 Å². The Balaban J connectivity index is 2.49. The lowest BCUT2D eigenvalue weighted by atomic mass is 10.1. The molecule has 0 saturated heterocycles. The number of rotatable bonds is 9. The van der Waals surface area contributed by atoms with Crippen LogP contribution < -0.4 is 10.5 Å². The second kappa shape index (κ2) is 8.87. The van der Waals surface area contributed by atoms with Gasteiger partial charge in [0.15, 0.2) is 0 Å². The Hall–Kier alpha value is -1.30. The molecule has 0 amide bonds. The summed E-state index contributed by atoms with van der Waals surface area (Å²) < 4.78 is 43.2. The summed E-state index contributed by atoms with van der Waals surface area (Å²) in [5.74, 6) is 0.000818. The quantitative estimate of drug-likeness (QED) is 0.692. The zero-order chi connectivity index (χ0) is 15.7. The third-order valence-electron chi connectivity index (χ3n) is 3.19. The predicted octanol–water partition coefficient (Wildman–Crippen LogP) is 4.30. The average molecular weight is 304 g/mol. The molecule has 3 nitrogen and oxygen atoms in total. The van der Waals surface area contributed by atoms with E-state index in [2.05, 4.69) is 11.9 Å². The van der Waals surface area contributed by atoms with Gasteiger partial charge in [-0.1, -0.05) is 45.1 Å². The van der Waals surface area contributed by atoms with Crippen molar-refractivity contribution in [3.05, 3.63) is 23.4 Å². The molecule has 0 bridgehead atoms. The fourth-order valence-electron chi connectivity index (χ4n) is 1.96. The molecule has 1 rings (SSSR count). The van der Waals surface area contributed by atoms with Crippen molar-refractivity contribution in [1.29, 1.82) is 0 Å². The Morgan fingerprint density at radius 1 is 1.10 bits per heavy atom. The van der Waals surface area contributed by atoms with Gasteiger partial charge in [-0.25, -0.2) is 4.98 Å². The lowest BCUT2D eigenvalue weighted by molar-refractivity contribution is -0.141. The number of halogens is 3. The van der Waals surface area contributed by atoms with Crippen LogP contribution in [-0.2, 0) is 12.7 Å². The van der Waals surface area contributed by atoms with E-state index in [1.165, 1.54) is 25.3 Å². The summed E-state index contributed by atoms with van der Waals surface area (Å²) in [7, 11) is 0. The number of nitrogens with two attached hydrogens (primary N) is 1. The molecule has 0 radical (unpaired) electrons. The van der Waals surface area contributed by atoms with Crippen LogP contribution in [0.15, 0.2) is 12.1 Å². The Bertz CT molecular complexity index is 422. The first-order valence-electron chi connectivity index (χ1n) is 7.39. The minimum atomic E-state index is -4.47. The summed E-state index contributed by atoms with van der Waals surface area (Å²) in [4.78, 5) is 3.53. The fourth-order valence-corrected chi connectivity index (χ4v) is 1.96. The molecule has 0 fully saturated rings. The third-order valence-corrected chi connectivity index (χ3v) is 3.19. The first kappa shape index (κ1) is 17.8. The van der Waals surface area contributed by atoms with Crippen LogP contribution >= 0.6 is 0 Å². The SMILES string of the molecule is CCCCCCCCOc1nc(C(F)(F)F)ccc1CN. The van der Waals surface area contributed by atoms with Gasteiger partial charge in [-0.15, -0.1) is 0 Å². The Kier molecular flexibility index (Phi) is 7.50. The number of nitrogens with zero attached hydrogens (tertiary/aromatic N) is 1. The number of aromatic nitrogens is 1. The van der Waals surface area contributed by atoms with E-state index in [1.807, 2.05) is 0 Å². The molecule has 0 atom stereocenters. The largest absolute Gasteiger partial charge is 0.477 e. The number of hydrogen-bond donors (Lipinski definition) is 1. The summed E-state index contributed by atoms with van der Waals surface area (Å²) in [6.45, 7) is 2.63. The fraction of sp³-hybridized carbons (Fsp3) is 0.667. The first-order chi connectivity index (χ1) is 9.99. The van der Waals surface area contributed by atoms with E-state index in [1.54, 1.807) is 0 Å². The number of unbranched alkanes of at least 4 members (excludes halogenated alkanes) is 5. The molecule has 0 aliphatic heterocycles. The van der Waals surface area contributed by atoms with Crippen molar-refractivity contribution in [3.63, 3.8) is 0 Å². The summed E-state index contributed by atoms with van der Waals surface area (Å²) in [5, 5.41) is 0. The third kappa shape index (κ3) is 6.33. The molecule has 1 aromatic rings. The molecule has 2 N–H and O–H groups in total. The highest BCUT2D eigenvalue weighted by Crippen LogP contribution is 2.30. The van der Waals surface area contributed by atoms with E-state index in [4.69, 9.17) is 10.5 Å². The zero-order valence-corrected chi connectivity index (χ0v) is 12.4. The monoisotopic (exact) mass is 304 g/mol. The predicted molar refractivity (Wildman–Crippen MR) is 76.0 cm³/mol. The molecular formula is C15H23F3N2O. The average Bonchev–Trinajstić information content (AvgIpc) is 2.45. The summed E-state index contributed by atoms with van der Waals surface area (Å²) in [6.07, 6.45) is 2.06. The molecular weight excluding hydrogens is 281 g/mol. The number of hydrogen-bond acceptors (Lipinski definition) is 3. The van der Waals surface area contributed by atoms with Crippen LogP contribution in [0.3, 0.4) is 0 Å². The van der Waals surface area contributed by atoms with Crippen LogP contribution in [-0.4, -0.2) is 11.6 Å². The maximum Gasteiger partial charge on any atom is 0.433 e. The van der Waals surface area contributed by atoms with E-state index in [-0.39, 0.29) is 12.4 Å². The first-order valence-corrected chi connectivity index (χ1v) is 7.39. The molecule has 0 saturated carbocycles. The number of alkyl halides is 3. The van der Waals surface area contributed by atoms with E-state index < -0.39 is 11.9 Å². The van der Waals surface area contributed by atoms with Crippen LogP contribution in [0, 0.1) is 0 Å². The minimum absolute atomic E-state index is 0.000818. The summed E-state index contributed by atoms with van der Waals surface area (Å²) >= 11 is 0. The van der Waals surface area contributed by atoms with E-state index in [9.17, 15) is 13.2 Å². The van der Waals surface area contributed by atoms with Gasteiger partial charge in [-0.3, -0.25) is 0 Å². The molecule has 0 spiro atoms. The molecule has 1 heterocycles. The molecule has 0 aromatic carbocycles. The molecule has 120 valence electrons. The topological polar surface area (TPSA) is 48.1 Å². The maximum atomic E-state index is 12.6. The summed E-state index contributed by atoms with van der Waals surface area (Å²) in [5.41, 5.74) is 5.04. The lowest BCUT2D eigenvalue weighted by Crippen LogP contribution is -2.12. The van der Waals surface area contributed by atoms with Crippen LogP contribution in [0.2, 0.25) is 0 Å². The molecule has 6 heteroatoms. The van der Waals surface area contributed by atoms with Crippen molar-refractivity contribution in [2.24, 2.45) is 5.73 Å². The van der Waals surface area contributed by atoms with Gasteiger partial charge in [0.05, 0.1) is 6.61 Å². The highest BCUT2D eigenvalue weighted by Gasteiger charge is 2.33. The van der Waals surface area contributed by atoms with Crippen LogP contribution in [0.4, 0.5) is 13.2 Å². The van der Waals surface area contributed by atoms with Gasteiger partial charge in [0.1, 0.15) is 5.69 Å². The van der Waals surface area contributed by atoms with Gasteiger partial charge >= 0.3 is 6.18 Å². The second-order valence-electron chi connectivity index (χ2n) is 4.98. The minimum Gasteiger partial charge on any atom is -0.477 e. The number of pyridine rings is 1. The molecule has 0 aliphatic rings. The van der Waals surface area contributed by atoms with Gasteiger partial charge in [0.25, 0.3) is 0 Å². The normalized spacial score (nSPS) is 11.7. The standard InChI is InChI=1S/C15H23F3N2O/c1-2-3-4-5-6-7-10-21-14-12(11-19)8-9-13(20-14)15(16,17)18/h8-9H,2-7,10-11,19H2,1H3.